The summed E-state index contributed by atoms with van der Waals surface area (Å²) in [6.07, 6.45) is 1.44. The molecule has 0 bridgehead atoms. The molecule has 3 N–H and O–H groups in total. The standard InChI is InChI=1S/C11H11N3O2/c1-7-8(12)4-5-10(13-7)14-11(15)9-3-2-6-16-9/h2-6H,12H2,1H3,(H,13,14,15). The summed E-state index contributed by atoms with van der Waals surface area (Å²) < 4.78 is 4.96. The number of carbonyl (C=O) groups excluding carboxylic acids is 1. The molecule has 0 saturated heterocycles. The number of anilines is 2. The van der Waals surface area contributed by atoms with Crippen molar-refractivity contribution in [1.82, 2.24) is 4.98 Å². The van der Waals surface area contributed by atoms with Gasteiger partial charge in [-0.25, -0.2) is 4.98 Å². The van der Waals surface area contributed by atoms with E-state index in [1.54, 1.807) is 31.2 Å². The zero-order valence-corrected chi connectivity index (χ0v) is 8.73. The number of aromatic nitrogens is 1. The minimum absolute atomic E-state index is 0.247. The Balaban J connectivity index is 2.15. The molecule has 0 aromatic carbocycles. The fourth-order valence-corrected chi connectivity index (χ4v) is 1.23. The number of nitrogens with two attached hydrogens (primary N) is 1. The smallest absolute Gasteiger partial charge is 0.292 e. The van der Waals surface area contributed by atoms with Gasteiger partial charge in [-0.1, -0.05) is 0 Å². The van der Waals surface area contributed by atoms with E-state index in [2.05, 4.69) is 10.3 Å². The van der Waals surface area contributed by atoms with Crippen LogP contribution >= 0.6 is 0 Å². The quantitative estimate of drug-likeness (QED) is 0.803. The lowest BCUT2D eigenvalue weighted by molar-refractivity contribution is 0.0996. The fourth-order valence-electron chi connectivity index (χ4n) is 1.23. The number of amides is 1. The van der Waals surface area contributed by atoms with Crippen molar-refractivity contribution in [3.05, 3.63) is 42.0 Å². The zero-order valence-electron chi connectivity index (χ0n) is 8.73. The summed E-state index contributed by atoms with van der Waals surface area (Å²) in [5.41, 5.74) is 6.89. The highest BCUT2D eigenvalue weighted by Gasteiger charge is 2.09. The van der Waals surface area contributed by atoms with Gasteiger partial charge in [0.05, 0.1) is 17.6 Å². The van der Waals surface area contributed by atoms with Gasteiger partial charge in [0, 0.05) is 0 Å². The first-order valence-corrected chi connectivity index (χ1v) is 4.75. The lowest BCUT2D eigenvalue weighted by Gasteiger charge is -2.04. The van der Waals surface area contributed by atoms with Crippen molar-refractivity contribution < 1.29 is 9.21 Å². The molecule has 16 heavy (non-hydrogen) atoms. The van der Waals surface area contributed by atoms with Crippen LogP contribution in [0.1, 0.15) is 16.2 Å². The molecule has 1 amide bonds. The molecular weight excluding hydrogens is 206 g/mol. The molecule has 0 aliphatic rings. The number of nitrogen functional groups attached to an aromatic ring is 1. The monoisotopic (exact) mass is 217 g/mol. The van der Waals surface area contributed by atoms with Crippen LogP contribution in [-0.4, -0.2) is 10.9 Å². The van der Waals surface area contributed by atoms with Gasteiger partial charge >= 0.3 is 0 Å². The third-order valence-electron chi connectivity index (χ3n) is 2.11. The minimum Gasteiger partial charge on any atom is -0.459 e. The number of nitrogens with zero attached hydrogens (tertiary/aromatic N) is 1. The maximum absolute atomic E-state index is 11.6. The number of pyridine rings is 1. The zero-order chi connectivity index (χ0) is 11.5. The maximum atomic E-state index is 11.6. The number of hydrogen-bond donors (Lipinski definition) is 2. The first-order valence-electron chi connectivity index (χ1n) is 4.75. The number of carbonyl (C=O) groups is 1. The largest absolute Gasteiger partial charge is 0.459 e. The van der Waals surface area contributed by atoms with Crippen LogP contribution in [0.4, 0.5) is 11.5 Å². The molecule has 2 aromatic rings. The van der Waals surface area contributed by atoms with Crippen LogP contribution in [0.15, 0.2) is 34.9 Å². The van der Waals surface area contributed by atoms with E-state index in [-0.39, 0.29) is 11.7 Å². The third-order valence-corrected chi connectivity index (χ3v) is 2.11. The SMILES string of the molecule is Cc1nc(NC(=O)c2ccco2)ccc1N. The van der Waals surface area contributed by atoms with Gasteiger partial charge < -0.3 is 15.5 Å². The first-order chi connectivity index (χ1) is 7.66. The Morgan fingerprint density at radius 1 is 1.44 bits per heavy atom. The summed E-state index contributed by atoms with van der Waals surface area (Å²) in [7, 11) is 0. The average Bonchev–Trinajstić information content (AvgIpc) is 2.77. The molecule has 2 rings (SSSR count). The molecule has 0 radical (unpaired) electrons. The van der Waals surface area contributed by atoms with Gasteiger partial charge in [0.2, 0.25) is 0 Å². The van der Waals surface area contributed by atoms with Crippen molar-refractivity contribution in [2.45, 2.75) is 6.92 Å². The average molecular weight is 217 g/mol. The van der Waals surface area contributed by atoms with Gasteiger partial charge in [0.1, 0.15) is 5.82 Å². The summed E-state index contributed by atoms with van der Waals surface area (Å²) in [5.74, 6) is 0.367. The van der Waals surface area contributed by atoms with E-state index in [4.69, 9.17) is 10.2 Å². The molecule has 82 valence electrons. The van der Waals surface area contributed by atoms with E-state index in [1.807, 2.05) is 0 Å². The normalized spacial score (nSPS) is 10.1. The highest BCUT2D eigenvalue weighted by atomic mass is 16.3. The van der Waals surface area contributed by atoms with Gasteiger partial charge in [-0.3, -0.25) is 4.79 Å². The molecule has 2 heterocycles. The Hall–Kier alpha value is -2.30. The molecule has 0 spiro atoms. The molecule has 0 fully saturated rings. The van der Waals surface area contributed by atoms with E-state index in [0.29, 0.717) is 17.2 Å². The molecule has 0 aliphatic heterocycles. The van der Waals surface area contributed by atoms with Crippen LogP contribution in [0.25, 0.3) is 0 Å². The lowest BCUT2D eigenvalue weighted by Crippen LogP contribution is -2.12. The van der Waals surface area contributed by atoms with E-state index < -0.39 is 0 Å². The van der Waals surface area contributed by atoms with Crippen LogP contribution in [0.2, 0.25) is 0 Å². The van der Waals surface area contributed by atoms with Crippen LogP contribution in [0, 0.1) is 6.92 Å². The maximum Gasteiger partial charge on any atom is 0.292 e. The Labute approximate surface area is 92.3 Å². The summed E-state index contributed by atoms with van der Waals surface area (Å²) in [5, 5.41) is 2.61. The van der Waals surface area contributed by atoms with Crippen molar-refractivity contribution in [2.24, 2.45) is 0 Å². The fraction of sp³-hybridized carbons (Fsp3) is 0.0909. The Morgan fingerprint density at radius 3 is 2.88 bits per heavy atom. The Bertz CT molecular complexity index is 506. The van der Waals surface area contributed by atoms with E-state index >= 15 is 0 Å². The molecule has 0 unspecified atom stereocenters. The van der Waals surface area contributed by atoms with Crippen molar-refractivity contribution in [1.29, 1.82) is 0 Å². The Morgan fingerprint density at radius 2 is 2.25 bits per heavy atom. The molecule has 5 nitrogen and oxygen atoms in total. The van der Waals surface area contributed by atoms with Crippen LogP contribution in [0.5, 0.6) is 0 Å². The third kappa shape index (κ3) is 2.03. The number of nitrogens with one attached hydrogen (secondary N) is 1. The van der Waals surface area contributed by atoms with Crippen LogP contribution in [0.3, 0.4) is 0 Å². The molecule has 0 saturated carbocycles. The number of aryl methyl sites for hydroxylation is 1. The lowest BCUT2D eigenvalue weighted by atomic mass is 10.3. The van der Waals surface area contributed by atoms with Gasteiger partial charge in [-0.2, -0.15) is 0 Å². The highest BCUT2D eigenvalue weighted by Crippen LogP contribution is 2.12. The summed E-state index contributed by atoms with van der Waals surface area (Å²) in [4.78, 5) is 15.7. The van der Waals surface area contributed by atoms with Gasteiger partial charge in [0.25, 0.3) is 5.91 Å². The number of rotatable bonds is 2. The van der Waals surface area contributed by atoms with E-state index in [1.165, 1.54) is 6.26 Å². The second-order valence-electron chi connectivity index (χ2n) is 3.30. The minimum atomic E-state index is -0.332. The summed E-state index contributed by atoms with van der Waals surface area (Å²) >= 11 is 0. The Kier molecular flexibility index (Phi) is 2.59. The van der Waals surface area contributed by atoms with E-state index in [0.717, 1.165) is 0 Å². The number of hydrogen-bond acceptors (Lipinski definition) is 4. The summed E-state index contributed by atoms with van der Waals surface area (Å²) in [6, 6.07) is 6.57. The molecule has 0 aliphatic carbocycles. The van der Waals surface area contributed by atoms with Gasteiger partial charge in [0.15, 0.2) is 5.76 Å². The molecular formula is C11H11N3O2. The molecule has 5 heteroatoms. The summed E-state index contributed by atoms with van der Waals surface area (Å²) in [6.45, 7) is 1.78. The van der Waals surface area contributed by atoms with Crippen molar-refractivity contribution in [3.63, 3.8) is 0 Å². The van der Waals surface area contributed by atoms with Crippen molar-refractivity contribution in [3.8, 4) is 0 Å². The number of furan rings is 1. The predicted octanol–water partition coefficient (Wildman–Crippen LogP) is 1.82. The van der Waals surface area contributed by atoms with Gasteiger partial charge in [-0.05, 0) is 31.2 Å². The van der Waals surface area contributed by atoms with Crippen LogP contribution in [-0.2, 0) is 0 Å². The van der Waals surface area contributed by atoms with E-state index in [9.17, 15) is 4.79 Å². The molecule has 2 aromatic heterocycles. The van der Waals surface area contributed by atoms with Crippen molar-refractivity contribution in [2.75, 3.05) is 11.1 Å². The highest BCUT2D eigenvalue weighted by molar-refractivity contribution is 6.01. The van der Waals surface area contributed by atoms with Crippen molar-refractivity contribution >= 4 is 17.4 Å². The molecule has 0 atom stereocenters. The predicted molar refractivity (Wildman–Crippen MR) is 60.0 cm³/mol. The van der Waals surface area contributed by atoms with Crippen LogP contribution < -0.4 is 11.1 Å². The second kappa shape index (κ2) is 4.06. The first kappa shape index (κ1) is 10.2. The second-order valence-corrected chi connectivity index (χ2v) is 3.30. The van der Waals surface area contributed by atoms with Gasteiger partial charge in [-0.15, -0.1) is 0 Å². The topological polar surface area (TPSA) is 81.2 Å².